The van der Waals surface area contributed by atoms with Gasteiger partial charge < -0.3 is 0 Å². The zero-order valence-electron chi connectivity index (χ0n) is 7.51. The molecule has 0 aromatic heterocycles. The number of carbonyl (C=O) groups is 1. The van der Waals surface area contributed by atoms with Crippen LogP contribution in [0.15, 0.2) is 18.2 Å². The predicted octanol–water partition coefficient (Wildman–Crippen LogP) is 3.11. The highest BCUT2D eigenvalue weighted by atomic mass is 35.5. The molecule has 68 valence electrons. The Morgan fingerprint density at radius 3 is 3.00 bits per heavy atom. The Labute approximate surface area is 82.7 Å². The average Bonchev–Trinajstić information content (AvgIpc) is 2.12. The third-order valence-corrected chi connectivity index (χ3v) is 2.87. The first-order chi connectivity index (χ1) is 6.18. The summed E-state index contributed by atoms with van der Waals surface area (Å²) in [4.78, 5) is 11.7. The minimum absolute atomic E-state index is 0.158. The maximum Gasteiger partial charge on any atom is 0.166 e. The minimum Gasteiger partial charge on any atom is -0.294 e. The second kappa shape index (κ2) is 3.15. The molecule has 1 nitrogen and oxygen atoms in total. The molecule has 0 aliphatic heterocycles. The second-order valence-electron chi connectivity index (χ2n) is 3.61. The summed E-state index contributed by atoms with van der Waals surface area (Å²) in [6.07, 6.45) is 1.97. The van der Waals surface area contributed by atoms with Crippen molar-refractivity contribution in [3.8, 4) is 0 Å². The van der Waals surface area contributed by atoms with Crippen LogP contribution >= 0.6 is 11.6 Å². The summed E-state index contributed by atoms with van der Waals surface area (Å²) >= 11 is 5.84. The molecule has 2 rings (SSSR count). The molecule has 1 atom stereocenters. The molecular formula is C11H11ClO. The summed E-state index contributed by atoms with van der Waals surface area (Å²) < 4.78 is 0. The van der Waals surface area contributed by atoms with Crippen LogP contribution in [-0.4, -0.2) is 5.78 Å². The molecule has 0 amide bonds. The van der Waals surface area contributed by atoms with Crippen LogP contribution in [0.3, 0.4) is 0 Å². The van der Waals surface area contributed by atoms with Crippen LogP contribution in [-0.2, 0) is 6.42 Å². The molecule has 2 heteroatoms. The third-order valence-electron chi connectivity index (χ3n) is 2.63. The van der Waals surface area contributed by atoms with Gasteiger partial charge in [-0.15, -0.1) is 0 Å². The Morgan fingerprint density at radius 1 is 1.46 bits per heavy atom. The van der Waals surface area contributed by atoms with Crippen molar-refractivity contribution in [1.29, 1.82) is 0 Å². The lowest BCUT2D eigenvalue weighted by atomic mass is 9.84. The van der Waals surface area contributed by atoms with Crippen LogP contribution in [0.5, 0.6) is 0 Å². The molecule has 1 aliphatic carbocycles. The molecule has 0 N–H and O–H groups in total. The number of fused-ring (bicyclic) bond motifs is 1. The van der Waals surface area contributed by atoms with E-state index in [0.29, 0.717) is 5.02 Å². The molecule has 0 spiro atoms. The third kappa shape index (κ3) is 1.49. The van der Waals surface area contributed by atoms with Crippen molar-refractivity contribution in [1.82, 2.24) is 0 Å². The lowest BCUT2D eigenvalue weighted by Crippen LogP contribution is -2.19. The first kappa shape index (κ1) is 8.76. The van der Waals surface area contributed by atoms with Gasteiger partial charge in [0.05, 0.1) is 0 Å². The van der Waals surface area contributed by atoms with Crippen molar-refractivity contribution in [3.63, 3.8) is 0 Å². The van der Waals surface area contributed by atoms with Crippen LogP contribution in [0.2, 0.25) is 5.02 Å². The molecule has 0 saturated heterocycles. The minimum atomic E-state index is 0.158. The molecule has 0 radical (unpaired) electrons. The fourth-order valence-corrected chi connectivity index (χ4v) is 1.94. The second-order valence-corrected chi connectivity index (χ2v) is 4.04. The number of Topliss-reactive ketones (excluding diaryl/α,β-unsaturated/α-hetero) is 1. The molecule has 0 heterocycles. The first-order valence-electron chi connectivity index (χ1n) is 4.51. The van der Waals surface area contributed by atoms with Crippen molar-refractivity contribution in [2.24, 2.45) is 5.92 Å². The quantitative estimate of drug-likeness (QED) is 0.620. The smallest absolute Gasteiger partial charge is 0.166 e. The Morgan fingerprint density at radius 2 is 2.23 bits per heavy atom. The molecular weight excluding hydrogens is 184 g/mol. The van der Waals surface area contributed by atoms with Gasteiger partial charge in [-0.05, 0) is 30.5 Å². The molecule has 1 aromatic rings. The van der Waals surface area contributed by atoms with Gasteiger partial charge in [-0.1, -0.05) is 24.6 Å². The number of carbonyl (C=O) groups excluding carboxylic acids is 1. The van der Waals surface area contributed by atoms with E-state index < -0.39 is 0 Å². The van der Waals surface area contributed by atoms with Gasteiger partial charge in [-0.2, -0.15) is 0 Å². The van der Waals surface area contributed by atoms with Crippen molar-refractivity contribution in [2.75, 3.05) is 0 Å². The van der Waals surface area contributed by atoms with Crippen LogP contribution in [0.4, 0.5) is 0 Å². The highest BCUT2D eigenvalue weighted by molar-refractivity contribution is 6.31. The van der Waals surface area contributed by atoms with E-state index in [-0.39, 0.29) is 11.7 Å². The van der Waals surface area contributed by atoms with E-state index in [1.54, 1.807) is 6.07 Å². The first-order valence-corrected chi connectivity index (χ1v) is 4.89. The maximum atomic E-state index is 11.7. The molecule has 0 saturated carbocycles. The summed E-state index contributed by atoms with van der Waals surface area (Å²) in [6.45, 7) is 1.98. The van der Waals surface area contributed by atoms with Gasteiger partial charge in [0.15, 0.2) is 5.78 Å². The number of ketones is 1. The topological polar surface area (TPSA) is 17.1 Å². The van der Waals surface area contributed by atoms with Crippen LogP contribution < -0.4 is 0 Å². The Bertz CT molecular complexity index is 357. The molecule has 1 unspecified atom stereocenters. The summed E-state index contributed by atoms with van der Waals surface area (Å²) in [7, 11) is 0. The summed E-state index contributed by atoms with van der Waals surface area (Å²) in [5.41, 5.74) is 1.97. The molecule has 0 fully saturated rings. The van der Waals surface area contributed by atoms with Gasteiger partial charge >= 0.3 is 0 Å². The highest BCUT2D eigenvalue weighted by Crippen LogP contribution is 2.27. The fraction of sp³-hybridized carbons (Fsp3) is 0.364. The maximum absolute atomic E-state index is 11.7. The number of benzene rings is 1. The van der Waals surface area contributed by atoms with E-state index in [0.717, 1.165) is 24.0 Å². The van der Waals surface area contributed by atoms with Crippen molar-refractivity contribution in [3.05, 3.63) is 34.3 Å². The van der Waals surface area contributed by atoms with Gasteiger partial charge in [-0.25, -0.2) is 0 Å². The largest absolute Gasteiger partial charge is 0.294 e. The fourth-order valence-electron chi connectivity index (χ4n) is 1.76. The number of halogens is 1. The Hall–Kier alpha value is -0.820. The van der Waals surface area contributed by atoms with Gasteiger partial charge in [0.25, 0.3) is 0 Å². The monoisotopic (exact) mass is 194 g/mol. The lowest BCUT2D eigenvalue weighted by Gasteiger charge is -2.19. The van der Waals surface area contributed by atoms with E-state index in [1.807, 2.05) is 19.1 Å². The number of aryl methyl sites for hydroxylation is 1. The summed E-state index contributed by atoms with van der Waals surface area (Å²) in [5, 5.41) is 0.654. The molecule has 0 bridgehead atoms. The van der Waals surface area contributed by atoms with Gasteiger partial charge in [0.1, 0.15) is 0 Å². The zero-order chi connectivity index (χ0) is 9.42. The Balaban J connectivity index is 2.51. The van der Waals surface area contributed by atoms with Crippen LogP contribution in [0.25, 0.3) is 0 Å². The Kier molecular flexibility index (Phi) is 2.12. The van der Waals surface area contributed by atoms with Crippen LogP contribution in [0.1, 0.15) is 29.3 Å². The van der Waals surface area contributed by atoms with Gasteiger partial charge in [0.2, 0.25) is 0 Å². The van der Waals surface area contributed by atoms with Crippen molar-refractivity contribution in [2.45, 2.75) is 19.8 Å². The lowest BCUT2D eigenvalue weighted by molar-refractivity contribution is 0.0913. The molecule has 13 heavy (non-hydrogen) atoms. The van der Waals surface area contributed by atoms with E-state index in [2.05, 4.69) is 0 Å². The van der Waals surface area contributed by atoms with E-state index in [1.165, 1.54) is 0 Å². The average molecular weight is 195 g/mol. The number of rotatable bonds is 0. The number of hydrogen-bond donors (Lipinski definition) is 0. The van der Waals surface area contributed by atoms with E-state index >= 15 is 0 Å². The van der Waals surface area contributed by atoms with Crippen LogP contribution in [0, 0.1) is 5.92 Å². The summed E-state index contributed by atoms with van der Waals surface area (Å²) in [6, 6.07) is 5.60. The highest BCUT2D eigenvalue weighted by Gasteiger charge is 2.23. The van der Waals surface area contributed by atoms with Crippen molar-refractivity contribution < 1.29 is 4.79 Å². The zero-order valence-corrected chi connectivity index (χ0v) is 8.27. The normalized spacial score (nSPS) is 21.4. The number of hydrogen-bond acceptors (Lipinski definition) is 1. The molecule has 1 aliphatic rings. The van der Waals surface area contributed by atoms with Crippen molar-refractivity contribution >= 4 is 17.4 Å². The van der Waals surface area contributed by atoms with E-state index in [4.69, 9.17) is 11.6 Å². The van der Waals surface area contributed by atoms with E-state index in [9.17, 15) is 4.79 Å². The summed E-state index contributed by atoms with van der Waals surface area (Å²) in [5.74, 6) is 0.398. The van der Waals surface area contributed by atoms with Gasteiger partial charge in [-0.3, -0.25) is 4.79 Å². The standard InChI is InChI=1S/C11H11ClO/c1-7-2-3-8-4-5-9(12)6-10(8)11(7)13/h4-7H,2-3H2,1H3. The predicted molar refractivity (Wildman–Crippen MR) is 53.3 cm³/mol. The SMILES string of the molecule is CC1CCc2ccc(Cl)cc2C1=O. The van der Waals surface area contributed by atoms with Gasteiger partial charge in [0, 0.05) is 16.5 Å². The molecule has 1 aromatic carbocycles.